The Morgan fingerprint density at radius 3 is 2.51 bits per heavy atom. The van der Waals surface area contributed by atoms with Crippen LogP contribution in [0.2, 0.25) is 0 Å². The van der Waals surface area contributed by atoms with Gasteiger partial charge < -0.3 is 30.9 Å². The quantitative estimate of drug-likeness (QED) is 0.181. The minimum atomic E-state index is -1.55. The number of carbonyl (C=O) groups is 4. The molecule has 1 aromatic heterocycles. The lowest BCUT2D eigenvalue weighted by Gasteiger charge is -2.30. The predicted octanol–water partition coefficient (Wildman–Crippen LogP) is 2.29. The van der Waals surface area contributed by atoms with E-state index in [2.05, 4.69) is 26.4 Å². The number of carbonyl (C=O) groups excluding carboxylic acids is 4. The van der Waals surface area contributed by atoms with Crippen LogP contribution in [0.5, 0.6) is 0 Å². The van der Waals surface area contributed by atoms with E-state index < -0.39 is 47.9 Å². The zero-order valence-corrected chi connectivity index (χ0v) is 25.7. The highest BCUT2D eigenvalue weighted by atomic mass is 16.5. The van der Waals surface area contributed by atoms with Crippen LogP contribution >= 0.6 is 0 Å². The van der Waals surface area contributed by atoms with Crippen molar-refractivity contribution in [3.63, 3.8) is 0 Å². The summed E-state index contributed by atoms with van der Waals surface area (Å²) < 4.78 is 5.04. The van der Waals surface area contributed by atoms with E-state index in [-0.39, 0.29) is 36.8 Å². The number of hydrogen-bond donors (Lipinski definition) is 5. The second-order valence-electron chi connectivity index (χ2n) is 11.9. The van der Waals surface area contributed by atoms with E-state index in [0.717, 1.165) is 22.8 Å². The van der Waals surface area contributed by atoms with Crippen LogP contribution in [0.25, 0.3) is 10.8 Å². The number of nitrogens with zero attached hydrogens (tertiary/aromatic N) is 2. The van der Waals surface area contributed by atoms with Crippen LogP contribution in [0.15, 0.2) is 53.1 Å². The zero-order chi connectivity index (χ0) is 32.5. The molecule has 12 heteroatoms. The van der Waals surface area contributed by atoms with Crippen LogP contribution in [0, 0.1) is 30.1 Å². The molecule has 2 unspecified atom stereocenters. The van der Waals surface area contributed by atoms with Crippen molar-refractivity contribution >= 4 is 34.4 Å². The molecular formula is C33H40N6O6. The fraction of sp³-hybridized carbons (Fsp3) is 0.455. The molecule has 1 saturated heterocycles. The van der Waals surface area contributed by atoms with Crippen LogP contribution in [-0.4, -0.2) is 64.7 Å². The van der Waals surface area contributed by atoms with E-state index in [0.29, 0.717) is 18.7 Å². The van der Waals surface area contributed by atoms with Gasteiger partial charge in [0, 0.05) is 24.9 Å². The molecule has 3 aromatic rings. The van der Waals surface area contributed by atoms with Crippen LogP contribution in [0.1, 0.15) is 61.3 Å². The van der Waals surface area contributed by atoms with Crippen molar-refractivity contribution in [2.24, 2.45) is 11.8 Å². The summed E-state index contributed by atoms with van der Waals surface area (Å²) in [5.41, 5.74) is 0.831. The van der Waals surface area contributed by atoms with E-state index in [4.69, 9.17) is 4.52 Å². The third-order valence-electron chi connectivity index (χ3n) is 7.91. The van der Waals surface area contributed by atoms with E-state index in [1.165, 1.54) is 6.07 Å². The van der Waals surface area contributed by atoms with Gasteiger partial charge in [-0.3, -0.25) is 19.2 Å². The Labute approximate surface area is 261 Å². The van der Waals surface area contributed by atoms with Gasteiger partial charge in [-0.05, 0) is 54.9 Å². The van der Waals surface area contributed by atoms with Gasteiger partial charge in [0.05, 0.1) is 12.1 Å². The Hall–Kier alpha value is -4.76. The van der Waals surface area contributed by atoms with Crippen molar-refractivity contribution in [3.8, 4) is 6.07 Å². The first-order chi connectivity index (χ1) is 21.5. The number of aromatic nitrogens is 1. The Bertz CT molecular complexity index is 1560. The standard InChI is InChI=1S/C33H40N6O6/c1-19(2)14-26(31(42)36-25(29(40)18-34)17-23-11-7-13-35-30(23)41)37-32(43)27(38-33(44)28-15-20(3)45-39-28)16-22-10-6-9-21-8-4-5-12-24(21)22/h4-6,8-10,12,15,19,23,25-27,29,40H,7,11,13-14,16-17H2,1-3H3,(H,35,41)(H,36,42)(H,37,43)(H,38,44)/t23?,25-,26-,27-,29?/m0/s1. The first-order valence-electron chi connectivity index (χ1n) is 15.2. The number of benzene rings is 2. The first kappa shape index (κ1) is 33.1. The van der Waals surface area contributed by atoms with Crippen molar-refractivity contribution < 1.29 is 28.8 Å². The molecule has 4 rings (SSSR count). The average molecular weight is 617 g/mol. The lowest BCUT2D eigenvalue weighted by atomic mass is 9.89. The van der Waals surface area contributed by atoms with Crippen LogP contribution < -0.4 is 21.3 Å². The summed E-state index contributed by atoms with van der Waals surface area (Å²) in [4.78, 5) is 53.0. The summed E-state index contributed by atoms with van der Waals surface area (Å²) in [6.07, 6.45) is 0.216. The fourth-order valence-corrected chi connectivity index (χ4v) is 5.59. The number of aliphatic hydroxyl groups excluding tert-OH is 1. The normalized spacial score (nSPS) is 17.4. The van der Waals surface area contributed by atoms with Crippen LogP contribution in [0.4, 0.5) is 0 Å². The van der Waals surface area contributed by atoms with Gasteiger partial charge >= 0.3 is 0 Å². The SMILES string of the molecule is Cc1cc(C(=O)N[C@@H](Cc2cccc3ccccc23)C(=O)N[C@@H](CC(C)C)C(=O)N[C@@H](CC2CCCNC2=O)C(O)C#N)no1. The molecule has 1 fully saturated rings. The molecule has 2 heterocycles. The van der Waals surface area contributed by atoms with Crippen molar-refractivity contribution in [3.05, 3.63) is 65.5 Å². The predicted molar refractivity (Wildman–Crippen MR) is 165 cm³/mol. The second-order valence-corrected chi connectivity index (χ2v) is 11.9. The Balaban J connectivity index is 1.57. The number of amides is 4. The van der Waals surface area contributed by atoms with Crippen LogP contribution in [0.3, 0.4) is 0 Å². The zero-order valence-electron chi connectivity index (χ0n) is 25.7. The van der Waals surface area contributed by atoms with Gasteiger partial charge in [-0.15, -0.1) is 0 Å². The minimum Gasteiger partial charge on any atom is -0.376 e. The van der Waals surface area contributed by atoms with Gasteiger partial charge in [-0.2, -0.15) is 5.26 Å². The molecule has 4 amide bonds. The molecule has 0 saturated carbocycles. The van der Waals surface area contributed by atoms with Crippen molar-refractivity contribution in [1.29, 1.82) is 5.26 Å². The third-order valence-corrected chi connectivity index (χ3v) is 7.91. The minimum absolute atomic E-state index is 0.0137. The molecule has 1 aliphatic rings. The monoisotopic (exact) mass is 616 g/mol. The van der Waals surface area contributed by atoms with E-state index in [9.17, 15) is 29.5 Å². The van der Waals surface area contributed by atoms with Gasteiger partial charge in [0.25, 0.3) is 5.91 Å². The molecule has 45 heavy (non-hydrogen) atoms. The molecule has 1 aliphatic heterocycles. The number of aryl methyl sites for hydroxylation is 1. The largest absolute Gasteiger partial charge is 0.376 e. The maximum absolute atomic E-state index is 13.9. The molecule has 0 spiro atoms. The Morgan fingerprint density at radius 2 is 1.82 bits per heavy atom. The fourth-order valence-electron chi connectivity index (χ4n) is 5.59. The summed E-state index contributed by atoms with van der Waals surface area (Å²) in [6, 6.07) is 13.5. The molecule has 0 radical (unpaired) electrons. The van der Waals surface area contributed by atoms with E-state index >= 15 is 0 Å². The number of fused-ring (bicyclic) bond motifs is 1. The summed E-state index contributed by atoms with van der Waals surface area (Å²) in [5, 5.41) is 36.5. The third kappa shape index (κ3) is 8.89. The van der Waals surface area contributed by atoms with Crippen LogP contribution in [-0.2, 0) is 20.8 Å². The van der Waals surface area contributed by atoms with Crippen molar-refractivity contribution in [2.45, 2.75) is 77.1 Å². The van der Waals surface area contributed by atoms with Crippen molar-refractivity contribution in [2.75, 3.05) is 6.54 Å². The highest BCUT2D eigenvalue weighted by molar-refractivity contribution is 5.98. The number of piperidine rings is 1. The number of hydrogen-bond acceptors (Lipinski definition) is 8. The molecule has 5 N–H and O–H groups in total. The van der Waals surface area contributed by atoms with Gasteiger partial charge in [0.1, 0.15) is 17.8 Å². The Kier molecular flexibility index (Phi) is 11.3. The number of nitriles is 1. The van der Waals surface area contributed by atoms with E-state index in [1.807, 2.05) is 56.3 Å². The summed E-state index contributed by atoms with van der Waals surface area (Å²) in [5.74, 6) is -2.05. The van der Waals surface area contributed by atoms with Gasteiger partial charge in [0.2, 0.25) is 17.7 Å². The Morgan fingerprint density at radius 1 is 1.09 bits per heavy atom. The van der Waals surface area contributed by atoms with Gasteiger partial charge in [-0.1, -0.05) is 61.5 Å². The van der Waals surface area contributed by atoms with E-state index in [1.54, 1.807) is 13.0 Å². The average Bonchev–Trinajstić information content (AvgIpc) is 3.46. The molecule has 12 nitrogen and oxygen atoms in total. The lowest BCUT2D eigenvalue weighted by molar-refractivity contribution is -0.131. The summed E-state index contributed by atoms with van der Waals surface area (Å²) in [7, 11) is 0. The van der Waals surface area contributed by atoms with Gasteiger partial charge in [-0.25, -0.2) is 0 Å². The first-order valence-corrected chi connectivity index (χ1v) is 15.2. The molecule has 0 aliphatic carbocycles. The number of nitrogens with one attached hydrogen (secondary N) is 4. The van der Waals surface area contributed by atoms with Crippen molar-refractivity contribution in [1.82, 2.24) is 26.4 Å². The number of rotatable bonds is 13. The molecule has 2 aromatic carbocycles. The smallest absolute Gasteiger partial charge is 0.274 e. The molecule has 5 atom stereocenters. The van der Waals surface area contributed by atoms with Gasteiger partial charge in [0.15, 0.2) is 11.8 Å². The maximum atomic E-state index is 13.9. The summed E-state index contributed by atoms with van der Waals surface area (Å²) in [6.45, 7) is 5.99. The maximum Gasteiger partial charge on any atom is 0.274 e. The summed E-state index contributed by atoms with van der Waals surface area (Å²) >= 11 is 0. The molecule has 238 valence electrons. The molecule has 0 bridgehead atoms. The highest BCUT2D eigenvalue weighted by Crippen LogP contribution is 2.21. The highest BCUT2D eigenvalue weighted by Gasteiger charge is 2.34. The number of aliphatic hydroxyl groups is 1. The lowest BCUT2D eigenvalue weighted by Crippen LogP contribution is -2.57. The molecular weight excluding hydrogens is 576 g/mol. The second kappa shape index (κ2) is 15.3. The topological polar surface area (TPSA) is 186 Å².